The van der Waals surface area contributed by atoms with Gasteiger partial charge in [0.15, 0.2) is 0 Å². The summed E-state index contributed by atoms with van der Waals surface area (Å²) in [5.41, 5.74) is 2.46. The number of ether oxygens (including phenoxy) is 1. The van der Waals surface area contributed by atoms with Crippen LogP contribution in [0, 0.1) is 11.3 Å². The second kappa shape index (κ2) is 14.0. The molecule has 2 fully saturated rings. The SMILES string of the molecule is CNCCOc1ccc(C(c2ccccc2)N2CCN(C(=O)CC3CCN(B(C)O)CC3)[C@@H](C(C)(C)C)C2)cc1. The van der Waals surface area contributed by atoms with Gasteiger partial charge in [0.25, 0.3) is 0 Å². The minimum Gasteiger partial charge on any atom is -0.492 e. The smallest absolute Gasteiger partial charge is 0.376 e. The second-order valence-electron chi connectivity index (χ2n) is 12.6. The van der Waals surface area contributed by atoms with Crippen molar-refractivity contribution in [3.05, 3.63) is 65.7 Å². The second-order valence-corrected chi connectivity index (χ2v) is 12.6. The van der Waals surface area contributed by atoms with Crippen molar-refractivity contribution in [2.24, 2.45) is 11.3 Å². The first-order valence-electron chi connectivity index (χ1n) is 15.0. The standard InChI is InChI=1S/C32H49BN4O3/c1-32(2,3)29-24-35(20-21-37(29)30(38)23-25-15-18-36(19-16-25)33(4)39)31(26-9-7-6-8-10-26)27-11-13-28(14-12-27)40-22-17-34-5/h6-14,25,29,31,34,39H,15-24H2,1-5H3/t29-,31?/m1/s1. The lowest BCUT2D eigenvalue weighted by molar-refractivity contribution is -0.141. The highest BCUT2D eigenvalue weighted by Gasteiger charge is 2.40. The average molecular weight is 549 g/mol. The Morgan fingerprint density at radius 3 is 2.27 bits per heavy atom. The number of benzene rings is 2. The van der Waals surface area contributed by atoms with E-state index in [1.807, 2.05) is 13.9 Å². The number of nitrogens with one attached hydrogen (secondary N) is 1. The van der Waals surface area contributed by atoms with Crippen molar-refractivity contribution < 1.29 is 14.6 Å². The van der Waals surface area contributed by atoms with Crippen LogP contribution in [0.5, 0.6) is 5.75 Å². The third-order valence-electron chi connectivity index (χ3n) is 8.67. The lowest BCUT2D eigenvalue weighted by Gasteiger charge is -2.50. The molecule has 2 heterocycles. The Kier molecular flexibility index (Phi) is 10.7. The summed E-state index contributed by atoms with van der Waals surface area (Å²) in [7, 11) is 1.52. The molecule has 2 saturated heterocycles. The van der Waals surface area contributed by atoms with Crippen LogP contribution in [0.2, 0.25) is 6.82 Å². The molecule has 8 heteroatoms. The number of nitrogens with zero attached hydrogens (tertiary/aromatic N) is 3. The van der Waals surface area contributed by atoms with Gasteiger partial charge in [0.2, 0.25) is 5.91 Å². The summed E-state index contributed by atoms with van der Waals surface area (Å²) < 4.78 is 5.88. The minimum atomic E-state index is -0.408. The molecule has 2 aliphatic rings. The van der Waals surface area contributed by atoms with E-state index < -0.39 is 7.05 Å². The van der Waals surface area contributed by atoms with E-state index in [1.165, 1.54) is 11.1 Å². The number of amides is 1. The first-order valence-corrected chi connectivity index (χ1v) is 15.0. The molecule has 0 aliphatic carbocycles. The number of hydrogen-bond acceptors (Lipinski definition) is 6. The Labute approximate surface area is 242 Å². The van der Waals surface area contributed by atoms with Crippen molar-refractivity contribution in [2.45, 2.75) is 58.9 Å². The molecule has 0 aromatic heterocycles. The molecule has 1 amide bonds. The number of piperidine rings is 1. The summed E-state index contributed by atoms with van der Waals surface area (Å²) in [5.74, 6) is 1.56. The van der Waals surface area contributed by atoms with Gasteiger partial charge >= 0.3 is 7.05 Å². The lowest BCUT2D eigenvalue weighted by Crippen LogP contribution is -2.60. The first-order chi connectivity index (χ1) is 19.2. The zero-order chi connectivity index (χ0) is 28.7. The largest absolute Gasteiger partial charge is 0.492 e. The van der Waals surface area contributed by atoms with Crippen LogP contribution in [0.1, 0.15) is 57.2 Å². The Balaban J connectivity index is 1.50. The van der Waals surface area contributed by atoms with E-state index >= 15 is 0 Å². The molecule has 4 rings (SSSR count). The molecule has 0 radical (unpaired) electrons. The number of piperazine rings is 1. The predicted octanol–water partition coefficient (Wildman–Crippen LogP) is 4.15. The summed E-state index contributed by atoms with van der Waals surface area (Å²) in [6.07, 6.45) is 2.56. The van der Waals surface area contributed by atoms with Gasteiger partial charge in [0.05, 0.1) is 6.04 Å². The summed E-state index contributed by atoms with van der Waals surface area (Å²) in [6, 6.07) is 19.5. The van der Waals surface area contributed by atoms with E-state index in [4.69, 9.17) is 4.74 Å². The maximum Gasteiger partial charge on any atom is 0.376 e. The Morgan fingerprint density at radius 2 is 1.68 bits per heavy atom. The molecular weight excluding hydrogens is 499 g/mol. The predicted molar refractivity (Wildman–Crippen MR) is 163 cm³/mol. The van der Waals surface area contributed by atoms with E-state index in [0.29, 0.717) is 18.9 Å². The van der Waals surface area contributed by atoms with Crippen LogP contribution >= 0.6 is 0 Å². The fourth-order valence-corrected chi connectivity index (χ4v) is 6.24. The van der Waals surface area contributed by atoms with Crippen molar-refractivity contribution in [2.75, 3.05) is 52.9 Å². The fourth-order valence-electron chi connectivity index (χ4n) is 6.24. The van der Waals surface area contributed by atoms with Crippen molar-refractivity contribution in [3.63, 3.8) is 0 Å². The molecule has 40 heavy (non-hydrogen) atoms. The van der Waals surface area contributed by atoms with Gasteiger partial charge in [0, 0.05) is 38.6 Å². The van der Waals surface area contributed by atoms with Crippen LogP contribution in [0.3, 0.4) is 0 Å². The number of likely N-dealkylation sites (N-methyl/N-ethyl adjacent to an activating group) is 1. The molecule has 2 N–H and O–H groups in total. The van der Waals surface area contributed by atoms with Crippen LogP contribution in [0.15, 0.2) is 54.6 Å². The highest BCUT2D eigenvalue weighted by Crippen LogP contribution is 2.36. The van der Waals surface area contributed by atoms with Gasteiger partial charge in [0.1, 0.15) is 12.4 Å². The summed E-state index contributed by atoms with van der Waals surface area (Å²) >= 11 is 0. The molecule has 2 atom stereocenters. The topological polar surface area (TPSA) is 68.3 Å². The molecule has 0 saturated carbocycles. The van der Waals surface area contributed by atoms with E-state index in [1.54, 1.807) is 0 Å². The molecule has 218 valence electrons. The van der Waals surface area contributed by atoms with Crippen LogP contribution in [-0.4, -0.2) is 91.6 Å². The van der Waals surface area contributed by atoms with Crippen molar-refractivity contribution in [1.29, 1.82) is 0 Å². The van der Waals surface area contributed by atoms with Crippen molar-refractivity contribution >= 4 is 13.0 Å². The quantitative estimate of drug-likeness (QED) is 0.344. The molecule has 2 aromatic rings. The number of rotatable bonds is 10. The Bertz CT molecular complexity index is 1050. The normalized spacial score (nSPS) is 20.4. The highest BCUT2D eigenvalue weighted by molar-refractivity contribution is 6.45. The zero-order valence-electron chi connectivity index (χ0n) is 25.2. The monoisotopic (exact) mass is 548 g/mol. The van der Waals surface area contributed by atoms with Crippen molar-refractivity contribution in [1.82, 2.24) is 19.9 Å². The van der Waals surface area contributed by atoms with Crippen LogP contribution < -0.4 is 10.1 Å². The van der Waals surface area contributed by atoms with E-state index in [0.717, 1.165) is 57.9 Å². The van der Waals surface area contributed by atoms with Gasteiger partial charge < -0.3 is 24.8 Å². The maximum absolute atomic E-state index is 13.7. The zero-order valence-corrected chi connectivity index (χ0v) is 25.2. The average Bonchev–Trinajstić information content (AvgIpc) is 2.94. The molecular formula is C32H49BN4O3. The van der Waals surface area contributed by atoms with Crippen LogP contribution in [-0.2, 0) is 4.79 Å². The van der Waals surface area contributed by atoms with Gasteiger partial charge in [-0.1, -0.05) is 63.2 Å². The van der Waals surface area contributed by atoms with Crippen LogP contribution in [0.4, 0.5) is 0 Å². The summed E-state index contributed by atoms with van der Waals surface area (Å²) in [4.78, 5) is 20.6. The molecule has 7 nitrogen and oxygen atoms in total. The summed E-state index contributed by atoms with van der Waals surface area (Å²) in [5, 5.41) is 13.0. The molecule has 1 unspecified atom stereocenters. The molecule has 0 bridgehead atoms. The van der Waals surface area contributed by atoms with Gasteiger partial charge in [-0.2, -0.15) is 0 Å². The summed E-state index contributed by atoms with van der Waals surface area (Å²) in [6.45, 7) is 14.2. The molecule has 2 aliphatic heterocycles. The number of hydrogen-bond donors (Lipinski definition) is 2. The molecule has 2 aromatic carbocycles. The van der Waals surface area contributed by atoms with Gasteiger partial charge in [-0.25, -0.2) is 0 Å². The number of carbonyl (C=O) groups is 1. The van der Waals surface area contributed by atoms with Gasteiger partial charge in [-0.05, 0) is 74.4 Å². The third-order valence-corrected chi connectivity index (χ3v) is 8.67. The minimum absolute atomic E-state index is 0.0454. The van der Waals surface area contributed by atoms with E-state index in [-0.39, 0.29) is 23.4 Å². The number of carbonyl (C=O) groups excluding carboxylic acids is 1. The molecule has 0 spiro atoms. The fraction of sp³-hybridized carbons (Fsp3) is 0.594. The van der Waals surface area contributed by atoms with E-state index in [2.05, 4.69) is 95.3 Å². The third kappa shape index (κ3) is 7.87. The highest BCUT2D eigenvalue weighted by atomic mass is 16.5. The van der Waals surface area contributed by atoms with Crippen molar-refractivity contribution in [3.8, 4) is 5.75 Å². The van der Waals surface area contributed by atoms with Gasteiger partial charge in [-0.15, -0.1) is 0 Å². The lowest BCUT2D eigenvalue weighted by atomic mass is 9.80. The Morgan fingerprint density at radius 1 is 1.02 bits per heavy atom. The van der Waals surface area contributed by atoms with E-state index in [9.17, 15) is 9.82 Å². The van der Waals surface area contributed by atoms with Crippen LogP contribution in [0.25, 0.3) is 0 Å². The van der Waals surface area contributed by atoms with Gasteiger partial charge in [-0.3, -0.25) is 9.69 Å². The Hall–Kier alpha value is -2.39. The maximum atomic E-state index is 13.7. The first kappa shape index (κ1) is 30.6.